The molecule has 2 aromatic rings. The molecule has 0 N–H and O–H groups in total. The molecule has 2 aromatic carbocycles. The average molecular weight is 364 g/mol. The largest absolute Gasteiger partial charge is 0.252 e. The van der Waals surface area contributed by atoms with E-state index in [1.54, 1.807) is 0 Å². The molecule has 138 valence electrons. The van der Waals surface area contributed by atoms with E-state index in [4.69, 9.17) is 4.99 Å². The summed E-state index contributed by atoms with van der Waals surface area (Å²) in [5, 5.41) is 0. The van der Waals surface area contributed by atoms with Gasteiger partial charge in [0, 0.05) is 11.8 Å². The predicted molar refractivity (Wildman–Crippen MR) is 118 cm³/mol. The summed E-state index contributed by atoms with van der Waals surface area (Å²) in [6.45, 7) is 2.14. The molecule has 1 nitrogen and oxygen atoms in total. The number of aryl methyl sites for hydroxylation is 1. The molecule has 0 bridgehead atoms. The van der Waals surface area contributed by atoms with Gasteiger partial charge < -0.3 is 0 Å². The maximum Gasteiger partial charge on any atom is 0.0672 e. The number of nitrogens with zero attached hydrogens (tertiary/aromatic N) is 1. The van der Waals surface area contributed by atoms with E-state index in [2.05, 4.69) is 98.0 Å². The first-order valence-electron chi connectivity index (χ1n) is 10.3. The molecule has 0 amide bonds. The van der Waals surface area contributed by atoms with Crippen molar-refractivity contribution >= 4 is 11.4 Å². The van der Waals surface area contributed by atoms with Crippen molar-refractivity contribution in [1.82, 2.24) is 0 Å². The third-order valence-corrected chi connectivity index (χ3v) is 6.15. The van der Waals surface area contributed by atoms with Crippen LogP contribution in [0.5, 0.6) is 0 Å². The molecule has 28 heavy (non-hydrogen) atoms. The third kappa shape index (κ3) is 3.11. The van der Waals surface area contributed by atoms with Gasteiger partial charge in [-0.2, -0.15) is 0 Å². The Bertz CT molecular complexity index is 1030. The molecule has 0 radical (unpaired) electrons. The zero-order valence-electron chi connectivity index (χ0n) is 16.3. The highest BCUT2D eigenvalue weighted by molar-refractivity contribution is 6.11. The Morgan fingerprint density at radius 1 is 0.893 bits per heavy atom. The summed E-state index contributed by atoms with van der Waals surface area (Å²) in [6, 6.07) is 17.6. The number of hydrogen-bond acceptors (Lipinski definition) is 1. The molecular formula is C27H25N. The van der Waals surface area contributed by atoms with Crippen molar-refractivity contribution < 1.29 is 0 Å². The third-order valence-electron chi connectivity index (χ3n) is 6.15. The fourth-order valence-electron chi connectivity index (χ4n) is 4.59. The summed E-state index contributed by atoms with van der Waals surface area (Å²) in [5.74, 6) is 1.30. The highest BCUT2D eigenvalue weighted by Gasteiger charge is 2.34. The molecule has 0 spiro atoms. The minimum Gasteiger partial charge on any atom is -0.252 e. The van der Waals surface area contributed by atoms with Gasteiger partial charge in [-0.15, -0.1) is 0 Å². The summed E-state index contributed by atoms with van der Waals surface area (Å²) >= 11 is 0. The van der Waals surface area contributed by atoms with Crippen LogP contribution in [0.3, 0.4) is 0 Å². The maximum absolute atomic E-state index is 5.08. The van der Waals surface area contributed by atoms with Crippen LogP contribution in [0.2, 0.25) is 0 Å². The Morgan fingerprint density at radius 2 is 1.75 bits per heavy atom. The van der Waals surface area contributed by atoms with Crippen molar-refractivity contribution in [2.24, 2.45) is 10.9 Å². The van der Waals surface area contributed by atoms with Crippen LogP contribution in [0.1, 0.15) is 41.4 Å². The smallest absolute Gasteiger partial charge is 0.0672 e. The standard InChI is InChI=1S/C27H25N/c1-19-11-13-20(14-12-19)21-15-17-23(18-16-21)27-26(22-7-3-2-4-8-22)24-9-5-6-10-25(24)28-27/h2-7,9-15,17-18,21-22,26H,8,16H2,1H3. The van der Waals surface area contributed by atoms with Crippen LogP contribution in [0.15, 0.2) is 102 Å². The number of fused-ring (bicyclic) bond motifs is 1. The number of para-hydroxylation sites is 1. The van der Waals surface area contributed by atoms with E-state index in [0.29, 0.717) is 17.8 Å². The fourth-order valence-corrected chi connectivity index (χ4v) is 4.59. The Hall–Kier alpha value is -2.93. The lowest BCUT2D eigenvalue weighted by atomic mass is 9.77. The molecule has 3 atom stereocenters. The number of allylic oxidation sites excluding steroid dienone is 8. The van der Waals surface area contributed by atoms with Crippen LogP contribution in [-0.4, -0.2) is 5.71 Å². The second kappa shape index (κ2) is 7.24. The highest BCUT2D eigenvalue weighted by atomic mass is 14.8. The van der Waals surface area contributed by atoms with E-state index < -0.39 is 0 Å². The number of hydrogen-bond donors (Lipinski definition) is 0. The molecule has 2 aliphatic carbocycles. The molecule has 0 saturated carbocycles. The van der Waals surface area contributed by atoms with E-state index in [1.165, 1.54) is 28.0 Å². The zero-order chi connectivity index (χ0) is 18.9. The van der Waals surface area contributed by atoms with Gasteiger partial charge in [0.1, 0.15) is 0 Å². The van der Waals surface area contributed by atoms with Crippen molar-refractivity contribution in [1.29, 1.82) is 0 Å². The summed E-state index contributed by atoms with van der Waals surface area (Å²) in [4.78, 5) is 5.08. The van der Waals surface area contributed by atoms with Gasteiger partial charge in [0.15, 0.2) is 0 Å². The van der Waals surface area contributed by atoms with Crippen LogP contribution in [0, 0.1) is 12.8 Å². The molecular weight excluding hydrogens is 338 g/mol. The SMILES string of the molecule is Cc1ccc(C2C=CC(C3=Nc4ccccc4C3C3C=CC=CC3)=CC2)cc1. The Labute approximate surface area is 167 Å². The van der Waals surface area contributed by atoms with Crippen LogP contribution in [0.25, 0.3) is 0 Å². The van der Waals surface area contributed by atoms with Gasteiger partial charge in [0.2, 0.25) is 0 Å². The number of aliphatic imine (C=N–C) groups is 1. The van der Waals surface area contributed by atoms with Gasteiger partial charge >= 0.3 is 0 Å². The van der Waals surface area contributed by atoms with Crippen LogP contribution in [0.4, 0.5) is 5.69 Å². The zero-order valence-corrected chi connectivity index (χ0v) is 16.3. The minimum atomic E-state index is 0.351. The average Bonchev–Trinajstić information content (AvgIpc) is 3.15. The second-order valence-corrected chi connectivity index (χ2v) is 8.02. The number of benzene rings is 2. The molecule has 3 aliphatic rings. The van der Waals surface area contributed by atoms with Crippen LogP contribution >= 0.6 is 0 Å². The van der Waals surface area contributed by atoms with Crippen molar-refractivity contribution in [3.63, 3.8) is 0 Å². The maximum atomic E-state index is 5.08. The molecule has 1 heteroatoms. The fraction of sp³-hybridized carbons (Fsp3) is 0.222. The topological polar surface area (TPSA) is 12.4 Å². The number of rotatable bonds is 3. The van der Waals surface area contributed by atoms with Crippen LogP contribution in [-0.2, 0) is 0 Å². The minimum absolute atomic E-state index is 0.351. The Morgan fingerprint density at radius 3 is 2.50 bits per heavy atom. The monoisotopic (exact) mass is 363 g/mol. The van der Waals surface area contributed by atoms with Crippen molar-refractivity contribution in [2.75, 3.05) is 0 Å². The van der Waals surface area contributed by atoms with E-state index in [9.17, 15) is 0 Å². The summed E-state index contributed by atoms with van der Waals surface area (Å²) < 4.78 is 0. The molecule has 1 heterocycles. The molecule has 1 aliphatic heterocycles. The quantitative estimate of drug-likeness (QED) is 0.558. The summed E-state index contributed by atoms with van der Waals surface area (Å²) in [5.41, 5.74) is 7.76. The van der Waals surface area contributed by atoms with Crippen molar-refractivity contribution in [3.8, 4) is 0 Å². The molecule has 3 unspecified atom stereocenters. The van der Waals surface area contributed by atoms with E-state index in [1.807, 2.05) is 0 Å². The second-order valence-electron chi connectivity index (χ2n) is 8.02. The first-order valence-corrected chi connectivity index (χ1v) is 10.3. The lowest BCUT2D eigenvalue weighted by molar-refractivity contribution is 0.618. The predicted octanol–water partition coefficient (Wildman–Crippen LogP) is 6.97. The van der Waals surface area contributed by atoms with Crippen molar-refractivity contribution in [2.45, 2.75) is 31.6 Å². The van der Waals surface area contributed by atoms with Crippen molar-refractivity contribution in [3.05, 3.63) is 113 Å². The lowest BCUT2D eigenvalue weighted by Gasteiger charge is -2.25. The first kappa shape index (κ1) is 17.2. The van der Waals surface area contributed by atoms with E-state index in [-0.39, 0.29) is 0 Å². The van der Waals surface area contributed by atoms with E-state index >= 15 is 0 Å². The molecule has 0 fully saturated rings. The molecule has 0 saturated heterocycles. The normalized spacial score (nSPS) is 25.4. The lowest BCUT2D eigenvalue weighted by Crippen LogP contribution is -2.20. The van der Waals surface area contributed by atoms with Crippen LogP contribution < -0.4 is 0 Å². The van der Waals surface area contributed by atoms with E-state index in [0.717, 1.165) is 18.5 Å². The van der Waals surface area contributed by atoms with Gasteiger partial charge in [0.25, 0.3) is 0 Å². The summed E-state index contributed by atoms with van der Waals surface area (Å²) in [6.07, 6.45) is 18.1. The van der Waals surface area contributed by atoms with Gasteiger partial charge in [-0.25, -0.2) is 0 Å². The first-order chi connectivity index (χ1) is 13.8. The Balaban J connectivity index is 1.44. The van der Waals surface area contributed by atoms with Gasteiger partial charge in [-0.1, -0.05) is 90.6 Å². The highest BCUT2D eigenvalue weighted by Crippen LogP contribution is 2.45. The molecule has 0 aromatic heterocycles. The van der Waals surface area contributed by atoms with Gasteiger partial charge in [0.05, 0.1) is 11.4 Å². The van der Waals surface area contributed by atoms with Gasteiger partial charge in [-0.3, -0.25) is 4.99 Å². The summed E-state index contributed by atoms with van der Waals surface area (Å²) in [7, 11) is 0. The van der Waals surface area contributed by atoms with Gasteiger partial charge in [-0.05, 0) is 48.4 Å². The Kier molecular flexibility index (Phi) is 4.44. The molecule has 5 rings (SSSR count).